The molecule has 4 heavy (non-hydrogen) atoms. The highest BCUT2D eigenvalue weighted by molar-refractivity contribution is 4.87. The van der Waals surface area contributed by atoms with Crippen LogP contribution < -0.4 is 0 Å². The van der Waals surface area contributed by atoms with E-state index in [4.69, 9.17) is 0 Å². The number of halogens is 1. The highest BCUT2D eigenvalue weighted by atomic mass is 35.5. The molecule has 0 saturated carbocycles. The normalized spacial score (nSPS) is 19.8. The summed E-state index contributed by atoms with van der Waals surface area (Å²) >= 11 is 0. The molecule has 1 aliphatic heterocycles. The fourth-order valence-corrected chi connectivity index (χ4v) is 0.164. The summed E-state index contributed by atoms with van der Waals surface area (Å²) < 4.78 is 0. The van der Waals surface area contributed by atoms with Crippen molar-refractivity contribution in [1.29, 1.82) is 0 Å². The zero-order valence-electron chi connectivity index (χ0n) is 2.46. The molecule has 0 aromatic carbocycles. The van der Waals surface area contributed by atoms with Gasteiger partial charge in [-0.2, -0.15) is 0 Å². The first-order chi connectivity index (χ1) is 1.89. The van der Waals surface area contributed by atoms with Crippen LogP contribution in [0.1, 0.15) is 6.92 Å². The maximum atomic E-state index is 2.17. The van der Waals surface area contributed by atoms with Crippen molar-refractivity contribution >= 4 is 0 Å². The van der Waals surface area contributed by atoms with Crippen molar-refractivity contribution in [2.45, 2.75) is 6.92 Å². The molecule has 0 atom stereocenters. The molecule has 0 amide bonds. The molecule has 0 aromatic heterocycles. The van der Waals surface area contributed by atoms with Crippen molar-refractivity contribution in [1.82, 2.24) is 0 Å². The first-order valence-corrected chi connectivity index (χ1v) is 2.01. The molecule has 0 fully saturated rings. The van der Waals surface area contributed by atoms with E-state index in [-0.39, 0.29) is 0 Å². The first kappa shape index (κ1) is 2.28. The Morgan fingerprint density at radius 1 is 2.00 bits per heavy atom. The highest BCUT2D eigenvalue weighted by Gasteiger charge is 2.22. The van der Waals surface area contributed by atoms with Gasteiger partial charge in [0.1, 0.15) is 0 Å². The fraction of sp³-hybridized carbons (Fsp3) is 0.333. The van der Waals surface area contributed by atoms with Gasteiger partial charge >= 0.3 is 0 Å². The quantitative estimate of drug-likeness (QED) is 0.402. The van der Waals surface area contributed by atoms with Gasteiger partial charge in [-0.1, -0.05) is 0 Å². The summed E-state index contributed by atoms with van der Waals surface area (Å²) in [5, 5.41) is 1.40. The van der Waals surface area contributed by atoms with Gasteiger partial charge in [-0.25, -0.2) is 0 Å². The largest absolute Gasteiger partial charge is 0.267 e. The van der Waals surface area contributed by atoms with E-state index in [0.29, 0.717) is 0 Å². The molecule has 0 N–H and O–H groups in total. The van der Waals surface area contributed by atoms with Crippen molar-refractivity contribution in [3.05, 3.63) is 10.6 Å². The molecule has 0 saturated heterocycles. The third-order valence-corrected chi connectivity index (χ3v) is 0.982. The van der Waals surface area contributed by atoms with Gasteiger partial charge in [-0.15, -0.1) is 0 Å². The van der Waals surface area contributed by atoms with E-state index >= 15 is 0 Å². The van der Waals surface area contributed by atoms with Crippen molar-refractivity contribution in [3.8, 4) is 0 Å². The standard InChI is InChI=1S/C3H4Cl/c1-3-2-4-3/h2H,1H3/q+1. The molecule has 1 heterocycles. The smallest absolute Gasteiger partial charge is 0.0220 e. The Kier molecular flexibility index (Phi) is 0.281. The minimum Gasteiger partial charge on any atom is 0.0220 e. The summed E-state index contributed by atoms with van der Waals surface area (Å²) in [5.41, 5.74) is 2.07. The van der Waals surface area contributed by atoms with E-state index in [2.05, 4.69) is 23.3 Å². The van der Waals surface area contributed by atoms with Gasteiger partial charge in [0.15, 0.2) is 0 Å². The Balaban J connectivity index is 2.54. The van der Waals surface area contributed by atoms with Crippen LogP contribution in [0.2, 0.25) is 0 Å². The predicted octanol–water partition coefficient (Wildman–Crippen LogP) is 0.946. The van der Waals surface area contributed by atoms with Crippen LogP contribution in [0.4, 0.5) is 0 Å². The van der Waals surface area contributed by atoms with E-state index in [1.165, 1.54) is 5.03 Å². The summed E-state index contributed by atoms with van der Waals surface area (Å²) in [7, 11) is 2.17. The van der Waals surface area contributed by atoms with Crippen LogP contribution in [0.5, 0.6) is 0 Å². The Morgan fingerprint density at radius 2 is 2.25 bits per heavy atom. The summed E-state index contributed by atoms with van der Waals surface area (Å²) in [6.07, 6.45) is 0. The SMILES string of the molecule is CC1=C[Cl+]1. The summed E-state index contributed by atoms with van der Waals surface area (Å²) in [4.78, 5) is 0. The summed E-state index contributed by atoms with van der Waals surface area (Å²) in [5.74, 6) is 0. The number of hydrogen-bond acceptors (Lipinski definition) is 0. The lowest BCUT2D eigenvalue weighted by Gasteiger charge is -1.23. The maximum Gasteiger partial charge on any atom is 0.267 e. The molecule has 0 unspecified atom stereocenters. The average Bonchev–Trinajstić information content (AvgIpc) is 1.75. The fourth-order valence-electron chi connectivity index (χ4n) is 0.0546. The van der Waals surface area contributed by atoms with Crippen molar-refractivity contribution in [2.75, 3.05) is 0 Å². The molecule has 0 radical (unpaired) electrons. The van der Waals surface area contributed by atoms with Gasteiger partial charge in [0.25, 0.3) is 10.6 Å². The molecule has 0 nitrogen and oxygen atoms in total. The van der Waals surface area contributed by atoms with Crippen molar-refractivity contribution < 1.29 is 10.8 Å². The van der Waals surface area contributed by atoms with Gasteiger partial charge in [0.05, 0.1) is 0 Å². The monoisotopic (exact) mass is 75.0 g/mol. The lowest BCUT2D eigenvalue weighted by molar-refractivity contribution is -0.446. The van der Waals surface area contributed by atoms with Gasteiger partial charge in [-0.3, -0.25) is 0 Å². The molecule has 0 aliphatic carbocycles. The van der Waals surface area contributed by atoms with E-state index in [1.54, 1.807) is 0 Å². The van der Waals surface area contributed by atoms with Crippen LogP contribution in [0.3, 0.4) is 0 Å². The van der Waals surface area contributed by atoms with Gasteiger partial charge in [0, 0.05) is 6.92 Å². The van der Waals surface area contributed by atoms with E-state index in [0.717, 1.165) is 0 Å². The van der Waals surface area contributed by atoms with Gasteiger partial charge in [0.2, 0.25) is 10.8 Å². The van der Waals surface area contributed by atoms with Crippen molar-refractivity contribution in [2.24, 2.45) is 0 Å². The molecular formula is C3H4Cl+. The average molecular weight is 75.5 g/mol. The number of hydrogen-bond donors (Lipinski definition) is 0. The number of allylic oxidation sites excluding steroid dienone is 1. The minimum absolute atomic E-state index is 1.40. The summed E-state index contributed by atoms with van der Waals surface area (Å²) in [6, 6.07) is 0. The third kappa shape index (κ3) is 0.235. The Bertz CT molecular complexity index is 54.3. The van der Waals surface area contributed by atoms with Crippen LogP contribution in [0, 0.1) is 10.8 Å². The second-order valence-electron chi connectivity index (χ2n) is 0.805. The lowest BCUT2D eigenvalue weighted by Crippen LogP contribution is -1.31. The van der Waals surface area contributed by atoms with Crippen molar-refractivity contribution in [3.63, 3.8) is 0 Å². The van der Waals surface area contributed by atoms with E-state index < -0.39 is 0 Å². The zero-order chi connectivity index (χ0) is 2.99. The Morgan fingerprint density at radius 3 is 2.25 bits per heavy atom. The second kappa shape index (κ2) is 0.494. The third-order valence-electron chi connectivity index (χ3n) is 0.327. The molecule has 1 rings (SSSR count). The van der Waals surface area contributed by atoms with E-state index in [1.807, 2.05) is 0 Å². The topological polar surface area (TPSA) is 0 Å². The van der Waals surface area contributed by atoms with Crippen LogP contribution in [0.15, 0.2) is 10.6 Å². The van der Waals surface area contributed by atoms with Crippen LogP contribution in [-0.2, 0) is 0 Å². The molecule has 0 spiro atoms. The van der Waals surface area contributed by atoms with Crippen LogP contribution in [0.25, 0.3) is 0 Å². The molecular weight excluding hydrogens is 71.5 g/mol. The second-order valence-corrected chi connectivity index (χ2v) is 1.84. The molecule has 1 heteroatoms. The van der Waals surface area contributed by atoms with Crippen LogP contribution in [-0.4, -0.2) is 0 Å². The Labute approximate surface area is 29.2 Å². The molecule has 1 aliphatic rings. The van der Waals surface area contributed by atoms with Crippen LogP contribution >= 0.6 is 0 Å². The Hall–Kier alpha value is 0.0300. The lowest BCUT2D eigenvalue weighted by atomic mass is 10.8. The molecule has 0 aromatic rings. The predicted molar refractivity (Wildman–Crippen MR) is 13.8 cm³/mol. The molecule has 0 bridgehead atoms. The summed E-state index contributed by atoms with van der Waals surface area (Å²) in [6.45, 7) is 2.08. The minimum atomic E-state index is 1.40. The zero-order valence-corrected chi connectivity index (χ0v) is 3.21. The van der Waals surface area contributed by atoms with Gasteiger partial charge in [-0.05, 0) is 0 Å². The van der Waals surface area contributed by atoms with Gasteiger partial charge < -0.3 is 0 Å². The number of rotatable bonds is 0. The first-order valence-electron chi connectivity index (χ1n) is 1.20. The molecule has 22 valence electrons. The van der Waals surface area contributed by atoms with E-state index in [9.17, 15) is 0 Å². The maximum absolute atomic E-state index is 2.17. The highest BCUT2D eigenvalue weighted by Crippen LogP contribution is 2.10.